The summed E-state index contributed by atoms with van der Waals surface area (Å²) in [6.07, 6.45) is 2.72. The van der Waals surface area contributed by atoms with Crippen LogP contribution in [0, 0.1) is 0 Å². The van der Waals surface area contributed by atoms with Crippen LogP contribution in [-0.4, -0.2) is 29.2 Å². The average Bonchev–Trinajstić information content (AvgIpc) is 2.81. The molecule has 0 heterocycles. The largest absolute Gasteiger partial charge is 0.287 e. The van der Waals surface area contributed by atoms with Gasteiger partial charge in [0.05, 0.1) is 12.3 Å². The molecule has 0 aromatic heterocycles. The first-order chi connectivity index (χ1) is 15.2. The third-order valence-corrected chi connectivity index (χ3v) is 5.86. The van der Waals surface area contributed by atoms with E-state index in [2.05, 4.69) is 127 Å². The fraction of sp³-hybridized carbons (Fsp3) is 0.357. The summed E-state index contributed by atoms with van der Waals surface area (Å²) in [5.74, 6) is 0. The normalized spacial score (nSPS) is 13.5. The number of benzene rings is 3. The van der Waals surface area contributed by atoms with E-state index in [4.69, 9.17) is 0 Å². The third-order valence-electron chi connectivity index (χ3n) is 5.86. The van der Waals surface area contributed by atoms with Gasteiger partial charge in [0, 0.05) is 19.6 Å². The van der Waals surface area contributed by atoms with Gasteiger partial charge in [0.15, 0.2) is 0 Å². The lowest BCUT2D eigenvalue weighted by atomic mass is 10.1. The average molecular weight is 416 g/mol. The maximum atomic E-state index is 3.97. The summed E-state index contributed by atoms with van der Waals surface area (Å²) in [4.78, 5) is 5.00. The maximum Gasteiger partial charge on any atom is 0.0612 e. The molecule has 3 heteroatoms. The van der Waals surface area contributed by atoms with E-state index in [1.807, 2.05) is 0 Å². The van der Waals surface area contributed by atoms with Crippen LogP contribution in [0.25, 0.3) is 0 Å². The van der Waals surface area contributed by atoms with Crippen molar-refractivity contribution in [1.29, 1.82) is 0 Å². The predicted molar refractivity (Wildman–Crippen MR) is 131 cm³/mol. The van der Waals surface area contributed by atoms with E-state index in [-0.39, 0.29) is 0 Å². The summed E-state index contributed by atoms with van der Waals surface area (Å²) < 4.78 is 0. The van der Waals surface area contributed by atoms with Crippen LogP contribution in [0.5, 0.6) is 0 Å². The molecule has 3 aromatic carbocycles. The summed E-state index contributed by atoms with van der Waals surface area (Å²) in [5.41, 5.74) is 4.05. The first-order valence-electron chi connectivity index (χ1n) is 11.5. The van der Waals surface area contributed by atoms with Gasteiger partial charge in [-0.1, -0.05) is 105 Å². The summed E-state index contributed by atoms with van der Waals surface area (Å²) in [6, 6.07) is 32.3. The summed E-state index contributed by atoms with van der Waals surface area (Å²) in [5, 5.41) is 3.97. The molecule has 3 nitrogen and oxygen atoms in total. The predicted octanol–water partition coefficient (Wildman–Crippen LogP) is 5.88. The molecule has 0 bridgehead atoms. The Hall–Kier alpha value is -2.46. The SMILES string of the molecule is CCC(NC(CC)N(Cc1ccccc1)Cc1ccccc1)N(C)Cc1ccccc1. The van der Waals surface area contributed by atoms with Crippen molar-refractivity contribution in [2.24, 2.45) is 0 Å². The van der Waals surface area contributed by atoms with Crippen LogP contribution in [0.2, 0.25) is 0 Å². The molecule has 0 aliphatic carbocycles. The second kappa shape index (κ2) is 12.4. The zero-order chi connectivity index (χ0) is 21.9. The Balaban J connectivity index is 1.74. The minimum absolute atomic E-state index is 0.295. The highest BCUT2D eigenvalue weighted by Crippen LogP contribution is 2.16. The minimum atomic E-state index is 0.295. The first-order valence-corrected chi connectivity index (χ1v) is 11.5. The van der Waals surface area contributed by atoms with Crippen LogP contribution in [0.3, 0.4) is 0 Å². The Kier molecular flexibility index (Phi) is 9.29. The van der Waals surface area contributed by atoms with Crippen molar-refractivity contribution in [3.63, 3.8) is 0 Å². The molecule has 1 N–H and O–H groups in total. The van der Waals surface area contributed by atoms with Gasteiger partial charge >= 0.3 is 0 Å². The Morgan fingerprint density at radius 1 is 0.581 bits per heavy atom. The maximum absolute atomic E-state index is 3.97. The zero-order valence-corrected chi connectivity index (χ0v) is 19.2. The van der Waals surface area contributed by atoms with Crippen molar-refractivity contribution < 1.29 is 0 Å². The van der Waals surface area contributed by atoms with Crippen molar-refractivity contribution in [3.8, 4) is 0 Å². The summed E-state index contributed by atoms with van der Waals surface area (Å²) >= 11 is 0. The van der Waals surface area contributed by atoms with Crippen molar-refractivity contribution in [1.82, 2.24) is 15.1 Å². The Bertz CT molecular complexity index is 810. The smallest absolute Gasteiger partial charge is 0.0612 e. The molecule has 31 heavy (non-hydrogen) atoms. The van der Waals surface area contributed by atoms with E-state index in [1.165, 1.54) is 16.7 Å². The van der Waals surface area contributed by atoms with Crippen molar-refractivity contribution >= 4 is 0 Å². The number of hydrogen-bond donors (Lipinski definition) is 1. The van der Waals surface area contributed by atoms with Gasteiger partial charge in [0.1, 0.15) is 0 Å². The van der Waals surface area contributed by atoms with Crippen LogP contribution in [0.15, 0.2) is 91.0 Å². The molecule has 0 fully saturated rings. The van der Waals surface area contributed by atoms with Gasteiger partial charge in [-0.3, -0.25) is 15.1 Å². The van der Waals surface area contributed by atoms with Crippen molar-refractivity contribution in [2.75, 3.05) is 7.05 Å². The van der Waals surface area contributed by atoms with E-state index in [0.717, 1.165) is 32.5 Å². The first kappa shape index (κ1) is 23.2. The van der Waals surface area contributed by atoms with Crippen LogP contribution in [0.1, 0.15) is 43.4 Å². The molecule has 164 valence electrons. The molecular weight excluding hydrogens is 378 g/mol. The second-order valence-electron chi connectivity index (χ2n) is 8.29. The molecule has 0 aliphatic heterocycles. The van der Waals surface area contributed by atoms with E-state index in [0.29, 0.717) is 12.3 Å². The van der Waals surface area contributed by atoms with Gasteiger partial charge in [-0.05, 0) is 36.6 Å². The van der Waals surface area contributed by atoms with E-state index >= 15 is 0 Å². The van der Waals surface area contributed by atoms with Gasteiger partial charge in [-0.25, -0.2) is 0 Å². The Labute approximate surface area is 188 Å². The lowest BCUT2D eigenvalue weighted by Gasteiger charge is -2.38. The Morgan fingerprint density at radius 2 is 0.968 bits per heavy atom. The molecular formula is C28H37N3. The van der Waals surface area contributed by atoms with Gasteiger partial charge in [-0.15, -0.1) is 0 Å². The highest BCUT2D eigenvalue weighted by Gasteiger charge is 2.22. The lowest BCUT2D eigenvalue weighted by molar-refractivity contribution is 0.0835. The van der Waals surface area contributed by atoms with Gasteiger partial charge in [0.25, 0.3) is 0 Å². The van der Waals surface area contributed by atoms with Crippen molar-refractivity contribution in [2.45, 2.75) is 58.7 Å². The van der Waals surface area contributed by atoms with Crippen LogP contribution in [-0.2, 0) is 19.6 Å². The van der Waals surface area contributed by atoms with Gasteiger partial charge in [0.2, 0.25) is 0 Å². The standard InChI is InChI=1S/C28H37N3/c1-4-27(30(3)21-24-15-9-6-10-16-24)29-28(5-2)31(22-25-17-11-7-12-18-25)23-26-19-13-8-14-20-26/h6-20,27-29H,4-5,21-23H2,1-3H3. The summed E-state index contributed by atoms with van der Waals surface area (Å²) in [7, 11) is 2.22. The highest BCUT2D eigenvalue weighted by molar-refractivity contribution is 5.17. The number of nitrogens with one attached hydrogen (secondary N) is 1. The third kappa shape index (κ3) is 7.32. The van der Waals surface area contributed by atoms with Gasteiger partial charge in [-0.2, -0.15) is 0 Å². The molecule has 0 saturated heterocycles. The molecule has 0 aliphatic rings. The van der Waals surface area contributed by atoms with Crippen LogP contribution >= 0.6 is 0 Å². The fourth-order valence-corrected chi connectivity index (χ4v) is 4.15. The van der Waals surface area contributed by atoms with Gasteiger partial charge < -0.3 is 0 Å². The molecule has 0 spiro atoms. The topological polar surface area (TPSA) is 18.5 Å². The fourth-order valence-electron chi connectivity index (χ4n) is 4.15. The molecule has 2 atom stereocenters. The quantitative estimate of drug-likeness (QED) is 0.373. The molecule has 0 saturated carbocycles. The molecule has 3 aromatic rings. The lowest BCUT2D eigenvalue weighted by Crippen LogP contribution is -2.53. The number of rotatable bonds is 12. The Morgan fingerprint density at radius 3 is 1.35 bits per heavy atom. The number of nitrogens with zero attached hydrogens (tertiary/aromatic N) is 2. The van der Waals surface area contributed by atoms with E-state index in [9.17, 15) is 0 Å². The van der Waals surface area contributed by atoms with Crippen molar-refractivity contribution in [3.05, 3.63) is 108 Å². The molecule has 2 unspecified atom stereocenters. The zero-order valence-electron chi connectivity index (χ0n) is 19.2. The molecule has 0 radical (unpaired) electrons. The molecule has 0 amide bonds. The van der Waals surface area contributed by atoms with Crippen LogP contribution < -0.4 is 5.32 Å². The van der Waals surface area contributed by atoms with E-state index < -0.39 is 0 Å². The monoisotopic (exact) mass is 415 g/mol. The second-order valence-corrected chi connectivity index (χ2v) is 8.29. The summed E-state index contributed by atoms with van der Waals surface area (Å²) in [6.45, 7) is 7.36. The molecule has 3 rings (SSSR count). The van der Waals surface area contributed by atoms with Crippen LogP contribution in [0.4, 0.5) is 0 Å². The minimum Gasteiger partial charge on any atom is -0.287 e. The van der Waals surface area contributed by atoms with E-state index in [1.54, 1.807) is 0 Å². The highest BCUT2D eigenvalue weighted by atomic mass is 15.3. The number of hydrogen-bond acceptors (Lipinski definition) is 3.